The first kappa shape index (κ1) is 11.7. The lowest BCUT2D eigenvalue weighted by Crippen LogP contribution is -2.36. The minimum atomic E-state index is -0.0825. The first-order chi connectivity index (χ1) is 8.16. The molecule has 1 aliphatic rings. The van der Waals surface area contributed by atoms with Crippen LogP contribution in [0, 0.1) is 13.8 Å². The Morgan fingerprint density at radius 3 is 2.71 bits per heavy atom. The van der Waals surface area contributed by atoms with E-state index in [0.29, 0.717) is 5.56 Å². The molecule has 0 heterocycles. The van der Waals surface area contributed by atoms with Gasteiger partial charge in [-0.05, 0) is 56.4 Å². The number of rotatable bonds is 3. The zero-order valence-corrected chi connectivity index (χ0v) is 10.3. The van der Waals surface area contributed by atoms with E-state index in [1.54, 1.807) is 0 Å². The average Bonchev–Trinajstić information content (AvgIpc) is 2.82. The van der Waals surface area contributed by atoms with Crippen molar-refractivity contribution in [3.63, 3.8) is 0 Å². The highest BCUT2D eigenvalue weighted by atomic mass is 16.2. The van der Waals surface area contributed by atoms with E-state index in [1.165, 1.54) is 12.0 Å². The molecule has 0 saturated heterocycles. The van der Waals surface area contributed by atoms with Crippen LogP contribution in [0.4, 0.5) is 0 Å². The Bertz CT molecular complexity index is 463. The van der Waals surface area contributed by atoms with Gasteiger partial charge in [0.2, 0.25) is 0 Å². The van der Waals surface area contributed by atoms with Gasteiger partial charge in [0.1, 0.15) is 0 Å². The van der Waals surface area contributed by atoms with Crippen LogP contribution in [0.3, 0.4) is 0 Å². The predicted molar refractivity (Wildman–Crippen MR) is 68.5 cm³/mol. The van der Waals surface area contributed by atoms with E-state index in [9.17, 15) is 4.79 Å². The van der Waals surface area contributed by atoms with Crippen LogP contribution in [0.1, 0.15) is 40.7 Å². The van der Waals surface area contributed by atoms with Gasteiger partial charge in [-0.15, -0.1) is 0 Å². The van der Waals surface area contributed by atoms with E-state index in [-0.39, 0.29) is 5.91 Å². The zero-order chi connectivity index (χ0) is 12.3. The highest BCUT2D eigenvalue weighted by Crippen LogP contribution is 2.14. The lowest BCUT2D eigenvalue weighted by atomic mass is 10.1. The molecule has 0 saturated carbocycles. The molecular weight excluding hydrogens is 212 g/mol. The lowest BCUT2D eigenvalue weighted by molar-refractivity contribution is 0.0938. The van der Waals surface area contributed by atoms with Crippen molar-refractivity contribution in [2.24, 2.45) is 0 Å². The van der Waals surface area contributed by atoms with Gasteiger partial charge in [-0.25, -0.2) is 0 Å². The second kappa shape index (κ2) is 5.04. The van der Waals surface area contributed by atoms with Crippen molar-refractivity contribution in [3.05, 3.63) is 46.7 Å². The molecule has 1 aliphatic carbocycles. The average molecular weight is 230 g/mol. The molecule has 0 unspecified atom stereocenters. The SMILES string of the molecule is Cc1ccc(C(=O)NNC2=CCCC2)cc1C. The van der Waals surface area contributed by atoms with E-state index in [4.69, 9.17) is 0 Å². The molecule has 17 heavy (non-hydrogen) atoms. The molecule has 0 fully saturated rings. The Morgan fingerprint density at radius 1 is 1.24 bits per heavy atom. The summed E-state index contributed by atoms with van der Waals surface area (Å²) in [5.74, 6) is -0.0825. The first-order valence-corrected chi connectivity index (χ1v) is 5.99. The van der Waals surface area contributed by atoms with E-state index in [1.807, 2.05) is 32.0 Å². The van der Waals surface area contributed by atoms with Crippen LogP contribution in [0.15, 0.2) is 30.0 Å². The molecule has 0 spiro atoms. The van der Waals surface area contributed by atoms with Gasteiger partial charge in [0.25, 0.3) is 5.91 Å². The second-order valence-electron chi connectivity index (χ2n) is 4.50. The quantitative estimate of drug-likeness (QED) is 0.784. The highest BCUT2D eigenvalue weighted by Gasteiger charge is 2.08. The number of carbonyl (C=O) groups excluding carboxylic acids is 1. The smallest absolute Gasteiger partial charge is 0.269 e. The molecule has 90 valence electrons. The predicted octanol–water partition coefficient (Wildman–Crippen LogP) is 2.61. The normalized spacial score (nSPS) is 14.4. The fraction of sp³-hybridized carbons (Fsp3) is 0.357. The van der Waals surface area contributed by atoms with E-state index in [0.717, 1.165) is 24.1 Å². The third-order valence-corrected chi connectivity index (χ3v) is 3.15. The maximum absolute atomic E-state index is 11.9. The summed E-state index contributed by atoms with van der Waals surface area (Å²) in [6.07, 6.45) is 5.41. The summed E-state index contributed by atoms with van der Waals surface area (Å²) in [7, 11) is 0. The van der Waals surface area contributed by atoms with Crippen molar-refractivity contribution in [1.29, 1.82) is 0 Å². The minimum absolute atomic E-state index is 0.0825. The molecule has 3 heteroatoms. The van der Waals surface area contributed by atoms with Crippen molar-refractivity contribution < 1.29 is 4.79 Å². The summed E-state index contributed by atoms with van der Waals surface area (Å²) in [5.41, 5.74) is 9.85. The Kier molecular flexibility index (Phi) is 3.47. The number of benzene rings is 1. The maximum atomic E-state index is 11.9. The van der Waals surface area contributed by atoms with Crippen LogP contribution in [-0.4, -0.2) is 5.91 Å². The van der Waals surface area contributed by atoms with Gasteiger partial charge in [0, 0.05) is 11.3 Å². The van der Waals surface area contributed by atoms with E-state index in [2.05, 4.69) is 16.9 Å². The Hall–Kier alpha value is -1.77. The van der Waals surface area contributed by atoms with Crippen molar-refractivity contribution in [2.75, 3.05) is 0 Å². The van der Waals surface area contributed by atoms with Crippen LogP contribution in [0.5, 0.6) is 0 Å². The summed E-state index contributed by atoms with van der Waals surface area (Å²) in [4.78, 5) is 11.9. The number of hydrazine groups is 1. The molecule has 1 amide bonds. The Morgan fingerprint density at radius 2 is 2.06 bits per heavy atom. The molecule has 2 N–H and O–H groups in total. The topological polar surface area (TPSA) is 41.1 Å². The molecule has 0 aliphatic heterocycles. The van der Waals surface area contributed by atoms with Crippen molar-refractivity contribution in [3.8, 4) is 0 Å². The molecule has 1 aromatic rings. The largest absolute Gasteiger partial charge is 0.303 e. The zero-order valence-electron chi connectivity index (χ0n) is 10.3. The van der Waals surface area contributed by atoms with Gasteiger partial charge >= 0.3 is 0 Å². The van der Waals surface area contributed by atoms with Crippen LogP contribution in [0.2, 0.25) is 0 Å². The number of aryl methyl sites for hydroxylation is 2. The van der Waals surface area contributed by atoms with Gasteiger partial charge in [0.15, 0.2) is 0 Å². The number of nitrogens with one attached hydrogen (secondary N) is 2. The molecule has 0 bridgehead atoms. The first-order valence-electron chi connectivity index (χ1n) is 5.99. The summed E-state index contributed by atoms with van der Waals surface area (Å²) in [5, 5.41) is 0. The number of hydrogen-bond donors (Lipinski definition) is 2. The van der Waals surface area contributed by atoms with Gasteiger partial charge in [0.05, 0.1) is 0 Å². The number of carbonyl (C=O) groups is 1. The molecule has 3 nitrogen and oxygen atoms in total. The van der Waals surface area contributed by atoms with Crippen molar-refractivity contribution in [2.45, 2.75) is 33.1 Å². The molecule has 0 aromatic heterocycles. The van der Waals surface area contributed by atoms with Crippen molar-refractivity contribution in [1.82, 2.24) is 10.9 Å². The van der Waals surface area contributed by atoms with Gasteiger partial charge in [-0.2, -0.15) is 0 Å². The molecular formula is C14H18N2O. The fourth-order valence-corrected chi connectivity index (χ4v) is 1.88. The summed E-state index contributed by atoms with van der Waals surface area (Å²) in [6.45, 7) is 4.05. The molecule has 0 atom stereocenters. The van der Waals surface area contributed by atoms with Crippen molar-refractivity contribution >= 4 is 5.91 Å². The number of allylic oxidation sites excluding steroid dienone is 2. The van der Waals surface area contributed by atoms with E-state index < -0.39 is 0 Å². The monoisotopic (exact) mass is 230 g/mol. The van der Waals surface area contributed by atoms with Gasteiger partial charge in [-0.1, -0.05) is 12.1 Å². The van der Waals surface area contributed by atoms with Crippen LogP contribution in [-0.2, 0) is 0 Å². The Labute approximate surface area is 102 Å². The molecule has 1 aromatic carbocycles. The van der Waals surface area contributed by atoms with Crippen LogP contribution < -0.4 is 10.9 Å². The third-order valence-electron chi connectivity index (χ3n) is 3.15. The van der Waals surface area contributed by atoms with Gasteiger partial charge < -0.3 is 5.43 Å². The van der Waals surface area contributed by atoms with Crippen LogP contribution >= 0.6 is 0 Å². The second-order valence-corrected chi connectivity index (χ2v) is 4.50. The summed E-state index contributed by atoms with van der Waals surface area (Å²) < 4.78 is 0. The summed E-state index contributed by atoms with van der Waals surface area (Å²) >= 11 is 0. The third kappa shape index (κ3) is 2.87. The Balaban J connectivity index is 1.97. The maximum Gasteiger partial charge on any atom is 0.269 e. The van der Waals surface area contributed by atoms with Gasteiger partial charge in [-0.3, -0.25) is 10.2 Å². The van der Waals surface area contributed by atoms with Crippen LogP contribution in [0.25, 0.3) is 0 Å². The highest BCUT2D eigenvalue weighted by molar-refractivity contribution is 5.94. The number of amides is 1. The summed E-state index contributed by atoms with van der Waals surface area (Å²) in [6, 6.07) is 5.73. The molecule has 0 radical (unpaired) electrons. The van der Waals surface area contributed by atoms with E-state index >= 15 is 0 Å². The molecule has 2 rings (SSSR count). The number of hydrogen-bond acceptors (Lipinski definition) is 2. The fourth-order valence-electron chi connectivity index (χ4n) is 1.88. The lowest BCUT2D eigenvalue weighted by Gasteiger charge is -2.10. The standard InChI is InChI=1S/C14H18N2O/c1-10-7-8-12(9-11(10)2)14(17)16-15-13-5-3-4-6-13/h5,7-9,15H,3-4,6H2,1-2H3,(H,16,17). The minimum Gasteiger partial charge on any atom is -0.303 e.